The largest absolute Gasteiger partial charge is 0.399 e. The molecular formula is C9H15N3. The maximum absolute atomic E-state index is 5.63. The molecule has 0 aliphatic heterocycles. The Kier molecular flexibility index (Phi) is 2.53. The monoisotopic (exact) mass is 165 g/mol. The number of anilines is 2. The second-order valence-electron chi connectivity index (χ2n) is 3.15. The summed E-state index contributed by atoms with van der Waals surface area (Å²) < 4.78 is 0. The van der Waals surface area contributed by atoms with E-state index < -0.39 is 0 Å². The van der Waals surface area contributed by atoms with E-state index in [2.05, 4.69) is 23.7 Å². The van der Waals surface area contributed by atoms with Crippen molar-refractivity contribution in [2.45, 2.75) is 19.9 Å². The van der Waals surface area contributed by atoms with Gasteiger partial charge < -0.3 is 10.6 Å². The maximum atomic E-state index is 5.63. The lowest BCUT2D eigenvalue weighted by Gasteiger charge is -2.22. The average molecular weight is 165 g/mol. The molecule has 0 bridgehead atoms. The second-order valence-corrected chi connectivity index (χ2v) is 3.15. The van der Waals surface area contributed by atoms with E-state index in [9.17, 15) is 0 Å². The number of nitrogen functional groups attached to an aromatic ring is 1. The van der Waals surface area contributed by atoms with Gasteiger partial charge in [-0.2, -0.15) is 0 Å². The third kappa shape index (κ3) is 1.87. The number of nitrogens with zero attached hydrogens (tertiary/aromatic N) is 2. The molecule has 1 heterocycles. The molecule has 0 unspecified atom stereocenters. The van der Waals surface area contributed by atoms with Gasteiger partial charge in [0.15, 0.2) is 0 Å². The number of hydrogen-bond donors (Lipinski definition) is 1. The maximum Gasteiger partial charge on any atom is 0.130 e. The molecule has 3 heteroatoms. The fraction of sp³-hybridized carbons (Fsp3) is 0.444. The number of aromatic nitrogens is 1. The van der Waals surface area contributed by atoms with E-state index >= 15 is 0 Å². The van der Waals surface area contributed by atoms with Crippen molar-refractivity contribution in [3.63, 3.8) is 0 Å². The molecule has 0 fully saturated rings. The van der Waals surface area contributed by atoms with E-state index in [0.29, 0.717) is 6.04 Å². The Morgan fingerprint density at radius 2 is 2.17 bits per heavy atom. The SMILES string of the molecule is CC(C)N(C)c1cc(N)ccn1. The van der Waals surface area contributed by atoms with Crippen molar-refractivity contribution in [1.29, 1.82) is 0 Å². The van der Waals surface area contributed by atoms with Gasteiger partial charge in [0.25, 0.3) is 0 Å². The number of rotatable bonds is 2. The third-order valence-electron chi connectivity index (χ3n) is 1.91. The molecule has 1 rings (SSSR count). The Bertz CT molecular complexity index is 258. The highest BCUT2D eigenvalue weighted by Gasteiger charge is 2.05. The lowest BCUT2D eigenvalue weighted by molar-refractivity contribution is 0.743. The molecule has 0 aromatic carbocycles. The molecule has 1 aromatic rings. The summed E-state index contributed by atoms with van der Waals surface area (Å²) in [5.74, 6) is 0.921. The van der Waals surface area contributed by atoms with Crippen LogP contribution in [0.4, 0.5) is 11.5 Å². The first-order valence-corrected chi connectivity index (χ1v) is 4.05. The summed E-state index contributed by atoms with van der Waals surface area (Å²) in [5, 5.41) is 0. The molecule has 66 valence electrons. The van der Waals surface area contributed by atoms with E-state index in [1.54, 1.807) is 12.3 Å². The minimum absolute atomic E-state index is 0.444. The van der Waals surface area contributed by atoms with Gasteiger partial charge in [-0.1, -0.05) is 0 Å². The molecule has 0 amide bonds. The highest BCUT2D eigenvalue weighted by atomic mass is 15.2. The molecule has 0 aliphatic rings. The van der Waals surface area contributed by atoms with Crippen LogP contribution in [0.15, 0.2) is 18.3 Å². The molecule has 1 aromatic heterocycles. The standard InChI is InChI=1S/C9H15N3/c1-7(2)12(3)9-6-8(10)4-5-11-9/h4-7H,1-3H3,(H2,10,11). The first-order valence-electron chi connectivity index (χ1n) is 4.05. The normalized spacial score (nSPS) is 10.3. The van der Waals surface area contributed by atoms with Crippen molar-refractivity contribution >= 4 is 11.5 Å². The second kappa shape index (κ2) is 3.43. The van der Waals surface area contributed by atoms with Crippen molar-refractivity contribution in [3.8, 4) is 0 Å². The van der Waals surface area contributed by atoms with Crippen LogP contribution in [0.25, 0.3) is 0 Å². The van der Waals surface area contributed by atoms with Gasteiger partial charge in [-0.05, 0) is 19.9 Å². The van der Waals surface area contributed by atoms with Crippen molar-refractivity contribution in [2.24, 2.45) is 0 Å². The topological polar surface area (TPSA) is 42.1 Å². The van der Waals surface area contributed by atoms with Crippen molar-refractivity contribution in [2.75, 3.05) is 17.7 Å². The summed E-state index contributed by atoms with van der Waals surface area (Å²) >= 11 is 0. The highest BCUT2D eigenvalue weighted by molar-refractivity contribution is 5.50. The summed E-state index contributed by atoms with van der Waals surface area (Å²) in [6.07, 6.45) is 1.73. The predicted octanol–water partition coefficient (Wildman–Crippen LogP) is 1.51. The molecule has 0 spiro atoms. The first kappa shape index (κ1) is 8.84. The molecule has 2 N–H and O–H groups in total. The molecule has 0 saturated carbocycles. The lowest BCUT2D eigenvalue weighted by Crippen LogP contribution is -2.26. The molecule has 0 aliphatic carbocycles. The summed E-state index contributed by atoms with van der Waals surface area (Å²) in [6, 6.07) is 4.11. The fourth-order valence-electron chi connectivity index (χ4n) is 0.892. The Balaban J connectivity index is 2.88. The molecule has 0 saturated heterocycles. The summed E-state index contributed by atoms with van der Waals surface area (Å²) in [4.78, 5) is 6.29. The Morgan fingerprint density at radius 1 is 1.50 bits per heavy atom. The minimum atomic E-state index is 0.444. The minimum Gasteiger partial charge on any atom is -0.399 e. The van der Waals surface area contributed by atoms with Crippen LogP contribution in [0.1, 0.15) is 13.8 Å². The summed E-state index contributed by atoms with van der Waals surface area (Å²) in [5.41, 5.74) is 6.39. The van der Waals surface area contributed by atoms with E-state index in [1.165, 1.54) is 0 Å². The van der Waals surface area contributed by atoms with Crippen LogP contribution in [0.2, 0.25) is 0 Å². The number of pyridine rings is 1. The quantitative estimate of drug-likeness (QED) is 0.722. The van der Waals surface area contributed by atoms with Gasteiger partial charge in [0.1, 0.15) is 5.82 Å². The van der Waals surface area contributed by atoms with Gasteiger partial charge in [-0.25, -0.2) is 4.98 Å². The van der Waals surface area contributed by atoms with Gasteiger partial charge in [-0.3, -0.25) is 0 Å². The molecule has 12 heavy (non-hydrogen) atoms. The van der Waals surface area contributed by atoms with Crippen LogP contribution >= 0.6 is 0 Å². The van der Waals surface area contributed by atoms with Crippen LogP contribution in [0, 0.1) is 0 Å². The van der Waals surface area contributed by atoms with Crippen LogP contribution in [0.5, 0.6) is 0 Å². The van der Waals surface area contributed by atoms with Gasteiger partial charge in [0, 0.05) is 31.0 Å². The summed E-state index contributed by atoms with van der Waals surface area (Å²) in [7, 11) is 2.01. The molecule has 0 atom stereocenters. The zero-order valence-electron chi connectivity index (χ0n) is 7.78. The van der Waals surface area contributed by atoms with Gasteiger partial charge >= 0.3 is 0 Å². The lowest BCUT2D eigenvalue weighted by atomic mass is 10.3. The Morgan fingerprint density at radius 3 is 2.67 bits per heavy atom. The zero-order chi connectivity index (χ0) is 9.14. The van der Waals surface area contributed by atoms with E-state index in [1.807, 2.05) is 13.1 Å². The molecule has 0 radical (unpaired) electrons. The van der Waals surface area contributed by atoms with Crippen molar-refractivity contribution < 1.29 is 0 Å². The van der Waals surface area contributed by atoms with Crippen LogP contribution in [0.3, 0.4) is 0 Å². The molecule has 3 nitrogen and oxygen atoms in total. The number of nitrogens with two attached hydrogens (primary N) is 1. The van der Waals surface area contributed by atoms with Crippen molar-refractivity contribution in [1.82, 2.24) is 4.98 Å². The molecular weight excluding hydrogens is 150 g/mol. The van der Waals surface area contributed by atoms with Crippen LogP contribution in [-0.2, 0) is 0 Å². The number of hydrogen-bond acceptors (Lipinski definition) is 3. The van der Waals surface area contributed by atoms with E-state index in [4.69, 9.17) is 5.73 Å². The van der Waals surface area contributed by atoms with E-state index in [-0.39, 0.29) is 0 Å². The zero-order valence-corrected chi connectivity index (χ0v) is 7.78. The van der Waals surface area contributed by atoms with E-state index in [0.717, 1.165) is 11.5 Å². The van der Waals surface area contributed by atoms with Gasteiger partial charge in [-0.15, -0.1) is 0 Å². The van der Waals surface area contributed by atoms with Crippen LogP contribution < -0.4 is 10.6 Å². The predicted molar refractivity (Wildman–Crippen MR) is 52.2 cm³/mol. The fourth-order valence-corrected chi connectivity index (χ4v) is 0.892. The highest BCUT2D eigenvalue weighted by Crippen LogP contribution is 2.13. The average Bonchev–Trinajstić information content (AvgIpc) is 2.03. The van der Waals surface area contributed by atoms with Gasteiger partial charge in [0.05, 0.1) is 0 Å². The third-order valence-corrected chi connectivity index (χ3v) is 1.91. The van der Waals surface area contributed by atoms with Crippen molar-refractivity contribution in [3.05, 3.63) is 18.3 Å². The smallest absolute Gasteiger partial charge is 0.130 e. The Labute approximate surface area is 73.2 Å². The first-order chi connectivity index (χ1) is 5.61. The Hall–Kier alpha value is -1.25. The van der Waals surface area contributed by atoms with Gasteiger partial charge in [0.2, 0.25) is 0 Å². The van der Waals surface area contributed by atoms with Crippen LogP contribution in [-0.4, -0.2) is 18.1 Å². The summed E-state index contributed by atoms with van der Waals surface area (Å²) in [6.45, 7) is 4.23.